The van der Waals surface area contributed by atoms with Gasteiger partial charge in [0.15, 0.2) is 0 Å². The van der Waals surface area contributed by atoms with E-state index in [1.807, 2.05) is 39.6 Å². The Morgan fingerprint density at radius 2 is 2.00 bits per heavy atom. The number of halogens is 1. The molecule has 0 saturated heterocycles. The molecule has 0 aliphatic rings. The summed E-state index contributed by atoms with van der Waals surface area (Å²) in [5.74, 6) is 1.67. The van der Waals surface area contributed by atoms with Crippen LogP contribution in [-0.4, -0.2) is 34.3 Å². The molecule has 1 aromatic rings. The molecule has 0 bridgehead atoms. The van der Waals surface area contributed by atoms with Crippen molar-refractivity contribution in [1.29, 1.82) is 0 Å². The largest absolute Gasteiger partial charge is 0.394 e. The molecule has 0 aliphatic heterocycles. The summed E-state index contributed by atoms with van der Waals surface area (Å²) in [6, 6.07) is 1.71. The average molecular weight is 258 g/mol. The third-order valence-electron chi connectivity index (χ3n) is 2.85. The molecule has 0 aliphatic carbocycles. The summed E-state index contributed by atoms with van der Waals surface area (Å²) in [4.78, 5) is 10.6. The molecule has 4 nitrogen and oxygen atoms in total. The number of aliphatic hydroxyl groups is 1. The van der Waals surface area contributed by atoms with E-state index in [1.54, 1.807) is 6.07 Å². The number of hydrogen-bond donors (Lipinski definition) is 1. The SMILES string of the molecule is CC(C)c1nc(Cl)cc(N(C)C(C)(C)CO)n1. The standard InChI is InChI=1S/C12H20ClN3O/c1-8(2)11-14-9(13)6-10(15-11)16(5)12(3,4)7-17/h6,8,17H,7H2,1-5H3. The van der Waals surface area contributed by atoms with Crippen LogP contribution in [0.4, 0.5) is 5.82 Å². The molecule has 1 rings (SSSR count). The molecule has 1 heterocycles. The van der Waals surface area contributed by atoms with Gasteiger partial charge < -0.3 is 10.0 Å². The van der Waals surface area contributed by atoms with E-state index in [1.165, 1.54) is 0 Å². The van der Waals surface area contributed by atoms with Gasteiger partial charge in [-0.3, -0.25) is 0 Å². The molecule has 0 saturated carbocycles. The summed E-state index contributed by atoms with van der Waals surface area (Å²) in [7, 11) is 1.89. The number of aromatic nitrogens is 2. The van der Waals surface area contributed by atoms with E-state index in [0.717, 1.165) is 5.82 Å². The number of likely N-dealkylation sites (N-methyl/N-ethyl adjacent to an activating group) is 1. The third-order valence-corrected chi connectivity index (χ3v) is 3.05. The lowest BCUT2D eigenvalue weighted by atomic mass is 10.1. The second-order valence-electron chi connectivity index (χ2n) is 5.09. The molecule has 0 unspecified atom stereocenters. The maximum absolute atomic E-state index is 9.36. The van der Waals surface area contributed by atoms with Crippen molar-refractivity contribution in [3.63, 3.8) is 0 Å². The van der Waals surface area contributed by atoms with Crippen molar-refractivity contribution in [3.05, 3.63) is 17.0 Å². The van der Waals surface area contributed by atoms with Crippen molar-refractivity contribution in [1.82, 2.24) is 9.97 Å². The van der Waals surface area contributed by atoms with Crippen LogP contribution in [0.5, 0.6) is 0 Å². The van der Waals surface area contributed by atoms with Gasteiger partial charge in [0, 0.05) is 19.0 Å². The second kappa shape index (κ2) is 5.19. The summed E-state index contributed by atoms with van der Waals surface area (Å²) in [6.07, 6.45) is 0. The van der Waals surface area contributed by atoms with E-state index in [4.69, 9.17) is 11.6 Å². The zero-order valence-electron chi connectivity index (χ0n) is 11.0. The van der Waals surface area contributed by atoms with Crippen LogP contribution in [0, 0.1) is 0 Å². The van der Waals surface area contributed by atoms with Crippen molar-refractivity contribution >= 4 is 17.4 Å². The Balaban J connectivity index is 3.14. The minimum atomic E-state index is -0.383. The summed E-state index contributed by atoms with van der Waals surface area (Å²) < 4.78 is 0. The smallest absolute Gasteiger partial charge is 0.135 e. The summed E-state index contributed by atoms with van der Waals surface area (Å²) in [6.45, 7) is 7.97. The molecule has 17 heavy (non-hydrogen) atoms. The van der Waals surface area contributed by atoms with Crippen LogP contribution in [0.25, 0.3) is 0 Å². The molecular weight excluding hydrogens is 238 g/mol. The van der Waals surface area contributed by atoms with Crippen LogP contribution >= 0.6 is 11.6 Å². The first-order valence-corrected chi connectivity index (χ1v) is 6.05. The Hall–Kier alpha value is -0.870. The lowest BCUT2D eigenvalue weighted by molar-refractivity contribution is 0.215. The monoisotopic (exact) mass is 257 g/mol. The number of anilines is 1. The Bertz CT molecular complexity index is 393. The van der Waals surface area contributed by atoms with E-state index in [9.17, 15) is 5.11 Å². The van der Waals surface area contributed by atoms with Gasteiger partial charge in [-0.25, -0.2) is 9.97 Å². The van der Waals surface area contributed by atoms with E-state index in [2.05, 4.69) is 9.97 Å². The summed E-state index contributed by atoms with van der Waals surface area (Å²) in [5.41, 5.74) is -0.383. The van der Waals surface area contributed by atoms with Gasteiger partial charge in [0.2, 0.25) is 0 Å². The van der Waals surface area contributed by atoms with Crippen molar-refractivity contribution in [2.24, 2.45) is 0 Å². The van der Waals surface area contributed by atoms with Crippen molar-refractivity contribution < 1.29 is 5.11 Å². The molecule has 0 radical (unpaired) electrons. The molecule has 0 fully saturated rings. The summed E-state index contributed by atoms with van der Waals surface area (Å²) in [5, 5.41) is 9.79. The topological polar surface area (TPSA) is 49.2 Å². The van der Waals surface area contributed by atoms with Crippen LogP contribution < -0.4 is 4.90 Å². The van der Waals surface area contributed by atoms with E-state index in [0.29, 0.717) is 11.0 Å². The minimum absolute atomic E-state index is 0.0438. The van der Waals surface area contributed by atoms with Gasteiger partial charge in [0.05, 0.1) is 12.1 Å². The maximum Gasteiger partial charge on any atom is 0.135 e. The Labute approximate surface area is 108 Å². The highest BCUT2D eigenvalue weighted by Gasteiger charge is 2.24. The van der Waals surface area contributed by atoms with Crippen LogP contribution in [0.15, 0.2) is 6.07 Å². The molecule has 0 atom stereocenters. The molecule has 1 aromatic heterocycles. The van der Waals surface area contributed by atoms with Crippen LogP contribution in [0.3, 0.4) is 0 Å². The fourth-order valence-electron chi connectivity index (χ4n) is 1.27. The first-order chi connectivity index (χ1) is 7.77. The highest BCUT2D eigenvalue weighted by molar-refractivity contribution is 6.29. The van der Waals surface area contributed by atoms with Gasteiger partial charge in [-0.05, 0) is 13.8 Å². The Morgan fingerprint density at radius 3 is 2.47 bits per heavy atom. The van der Waals surface area contributed by atoms with Gasteiger partial charge in [-0.15, -0.1) is 0 Å². The lowest BCUT2D eigenvalue weighted by Gasteiger charge is -2.35. The first-order valence-electron chi connectivity index (χ1n) is 5.67. The van der Waals surface area contributed by atoms with E-state index < -0.39 is 0 Å². The zero-order valence-corrected chi connectivity index (χ0v) is 11.8. The number of hydrogen-bond acceptors (Lipinski definition) is 4. The van der Waals surface area contributed by atoms with Crippen molar-refractivity contribution in [3.8, 4) is 0 Å². The first kappa shape index (κ1) is 14.2. The molecule has 0 aromatic carbocycles. The zero-order chi connectivity index (χ0) is 13.2. The molecule has 5 heteroatoms. The minimum Gasteiger partial charge on any atom is -0.394 e. The lowest BCUT2D eigenvalue weighted by Crippen LogP contribution is -2.45. The van der Waals surface area contributed by atoms with Gasteiger partial charge >= 0.3 is 0 Å². The molecule has 0 amide bonds. The summed E-state index contributed by atoms with van der Waals surface area (Å²) >= 11 is 5.99. The van der Waals surface area contributed by atoms with Crippen LogP contribution in [-0.2, 0) is 0 Å². The number of rotatable bonds is 4. The van der Waals surface area contributed by atoms with Gasteiger partial charge in [0.25, 0.3) is 0 Å². The molecule has 1 N–H and O–H groups in total. The number of nitrogens with zero attached hydrogens (tertiary/aromatic N) is 3. The maximum atomic E-state index is 9.36. The predicted octanol–water partition coefficient (Wildman–Crippen LogP) is 2.46. The van der Waals surface area contributed by atoms with Gasteiger partial charge in [-0.1, -0.05) is 25.4 Å². The fraction of sp³-hybridized carbons (Fsp3) is 0.667. The second-order valence-corrected chi connectivity index (χ2v) is 5.48. The van der Waals surface area contributed by atoms with Crippen LogP contribution in [0.1, 0.15) is 39.4 Å². The molecular formula is C12H20ClN3O. The fourth-order valence-corrected chi connectivity index (χ4v) is 1.45. The van der Waals surface area contributed by atoms with Gasteiger partial charge in [0.1, 0.15) is 16.8 Å². The molecule has 96 valence electrons. The highest BCUT2D eigenvalue weighted by Crippen LogP contribution is 2.24. The third kappa shape index (κ3) is 3.30. The highest BCUT2D eigenvalue weighted by atomic mass is 35.5. The van der Waals surface area contributed by atoms with E-state index in [-0.39, 0.29) is 18.1 Å². The van der Waals surface area contributed by atoms with E-state index >= 15 is 0 Å². The Kier molecular flexibility index (Phi) is 4.33. The van der Waals surface area contributed by atoms with Gasteiger partial charge in [-0.2, -0.15) is 0 Å². The average Bonchev–Trinajstić information content (AvgIpc) is 2.27. The Morgan fingerprint density at radius 1 is 1.41 bits per heavy atom. The predicted molar refractivity (Wildman–Crippen MR) is 70.7 cm³/mol. The molecule has 0 spiro atoms. The normalized spacial score (nSPS) is 12.0. The van der Waals surface area contributed by atoms with Crippen molar-refractivity contribution in [2.45, 2.75) is 39.2 Å². The quantitative estimate of drug-likeness (QED) is 0.842. The van der Waals surface area contributed by atoms with Crippen molar-refractivity contribution in [2.75, 3.05) is 18.6 Å². The van der Waals surface area contributed by atoms with Crippen LogP contribution in [0.2, 0.25) is 5.15 Å². The number of aliphatic hydroxyl groups excluding tert-OH is 1.